The van der Waals surface area contributed by atoms with Gasteiger partial charge in [0.2, 0.25) is 0 Å². The Balaban J connectivity index is 1.42. The van der Waals surface area contributed by atoms with E-state index in [9.17, 15) is 23.6 Å². The van der Waals surface area contributed by atoms with Gasteiger partial charge in [-0.2, -0.15) is 0 Å². The monoisotopic (exact) mass is 493 g/mol. The third kappa shape index (κ3) is 5.71. The van der Waals surface area contributed by atoms with Crippen LogP contribution in [0.2, 0.25) is 5.02 Å². The van der Waals surface area contributed by atoms with Crippen molar-refractivity contribution < 1.29 is 28.3 Å². The highest BCUT2D eigenvalue weighted by Crippen LogP contribution is 2.24. The lowest BCUT2D eigenvalue weighted by Gasteiger charge is -2.26. The molecule has 35 heavy (non-hydrogen) atoms. The summed E-state index contributed by atoms with van der Waals surface area (Å²) in [6, 6.07) is 16.8. The second-order valence-electron chi connectivity index (χ2n) is 7.35. The van der Waals surface area contributed by atoms with Crippen molar-refractivity contribution in [3.05, 3.63) is 94.8 Å². The van der Waals surface area contributed by atoms with Crippen molar-refractivity contribution in [2.45, 2.75) is 0 Å². The Labute approximate surface area is 203 Å². The van der Waals surface area contributed by atoms with E-state index in [1.807, 2.05) is 0 Å². The number of carbonyl (C=O) groups excluding carboxylic acids is 4. The number of hydrogen-bond acceptors (Lipinski definition) is 5. The summed E-state index contributed by atoms with van der Waals surface area (Å²) >= 11 is 5.86. The number of nitrogens with zero attached hydrogens (tertiary/aromatic N) is 1. The molecule has 1 fully saturated rings. The van der Waals surface area contributed by atoms with Gasteiger partial charge in [-0.25, -0.2) is 14.1 Å². The van der Waals surface area contributed by atoms with Gasteiger partial charge in [0.25, 0.3) is 17.7 Å². The summed E-state index contributed by atoms with van der Waals surface area (Å²) in [6.45, 7) is -0.281. The summed E-state index contributed by atoms with van der Waals surface area (Å²) in [6.07, 6.45) is 1.35. The Kier molecular flexibility index (Phi) is 6.88. The highest BCUT2D eigenvalue weighted by atomic mass is 35.5. The molecule has 1 aliphatic heterocycles. The quantitative estimate of drug-likeness (QED) is 0.396. The number of hydrogen-bond donors (Lipinski definition) is 2. The molecule has 10 heteroatoms. The van der Waals surface area contributed by atoms with E-state index in [-0.39, 0.29) is 17.9 Å². The summed E-state index contributed by atoms with van der Waals surface area (Å²) < 4.78 is 18.4. The number of halogens is 2. The van der Waals surface area contributed by atoms with Crippen LogP contribution in [0.15, 0.2) is 78.4 Å². The third-order valence-electron chi connectivity index (χ3n) is 4.88. The third-order valence-corrected chi connectivity index (χ3v) is 5.13. The average molecular weight is 494 g/mol. The molecule has 3 aromatic carbocycles. The molecule has 5 amide bonds. The number of benzene rings is 3. The minimum Gasteiger partial charge on any atom is -0.484 e. The number of barbiturate groups is 1. The molecule has 0 aromatic heterocycles. The standard InChI is InChI=1S/C25H17ClFN3O5/c26-16-3-9-19(10-4-16)30-24(33)21(23(32)29-25(30)34)13-15-1-11-20(12-2-15)35-14-22(31)28-18-7-5-17(27)6-8-18/h1-13H,14H2,(H,28,31)(H,29,32,34). The van der Waals surface area contributed by atoms with Crippen LogP contribution in [0.25, 0.3) is 6.08 Å². The molecule has 1 heterocycles. The van der Waals surface area contributed by atoms with Gasteiger partial charge in [0.05, 0.1) is 5.69 Å². The molecule has 0 bridgehead atoms. The number of carbonyl (C=O) groups is 4. The van der Waals surface area contributed by atoms with Gasteiger partial charge in [0, 0.05) is 10.7 Å². The largest absolute Gasteiger partial charge is 0.484 e. The first-order chi connectivity index (χ1) is 16.8. The molecule has 1 saturated heterocycles. The molecule has 8 nitrogen and oxygen atoms in total. The van der Waals surface area contributed by atoms with E-state index >= 15 is 0 Å². The van der Waals surface area contributed by atoms with Crippen molar-refractivity contribution >= 4 is 52.8 Å². The minimum atomic E-state index is -0.859. The Morgan fingerprint density at radius 2 is 1.63 bits per heavy atom. The first-order valence-corrected chi connectivity index (χ1v) is 10.6. The molecular weight excluding hydrogens is 477 g/mol. The van der Waals surface area contributed by atoms with Crippen molar-refractivity contribution in [3.8, 4) is 5.75 Å². The van der Waals surface area contributed by atoms with E-state index in [1.165, 1.54) is 54.6 Å². The van der Waals surface area contributed by atoms with Gasteiger partial charge in [-0.15, -0.1) is 0 Å². The van der Waals surface area contributed by atoms with Gasteiger partial charge in [0.15, 0.2) is 6.61 Å². The molecule has 0 spiro atoms. The van der Waals surface area contributed by atoms with Gasteiger partial charge in [-0.1, -0.05) is 23.7 Å². The summed E-state index contributed by atoms with van der Waals surface area (Å²) in [5.74, 6) is -2.06. The van der Waals surface area contributed by atoms with E-state index in [0.29, 0.717) is 22.0 Å². The summed E-state index contributed by atoms with van der Waals surface area (Å²) in [4.78, 5) is 50.3. The predicted octanol–water partition coefficient (Wildman–Crippen LogP) is 4.16. The Morgan fingerprint density at radius 1 is 0.971 bits per heavy atom. The molecule has 3 aromatic rings. The SMILES string of the molecule is O=C(COc1ccc(C=C2C(=O)NC(=O)N(c3ccc(Cl)cc3)C2=O)cc1)Nc1ccc(F)cc1. The van der Waals surface area contributed by atoms with E-state index in [1.54, 1.807) is 24.3 Å². The van der Waals surface area contributed by atoms with Crippen LogP contribution in [-0.4, -0.2) is 30.4 Å². The van der Waals surface area contributed by atoms with Crippen LogP contribution in [0.1, 0.15) is 5.56 Å². The predicted molar refractivity (Wildman–Crippen MR) is 127 cm³/mol. The van der Waals surface area contributed by atoms with Crippen molar-refractivity contribution in [3.63, 3.8) is 0 Å². The van der Waals surface area contributed by atoms with E-state index in [0.717, 1.165) is 4.90 Å². The lowest BCUT2D eigenvalue weighted by molar-refractivity contribution is -0.122. The molecule has 4 rings (SSSR count). The Hall–Kier alpha value is -4.50. The second-order valence-corrected chi connectivity index (χ2v) is 7.78. The lowest BCUT2D eigenvalue weighted by atomic mass is 10.1. The van der Waals surface area contributed by atoms with Gasteiger partial charge < -0.3 is 10.1 Å². The van der Waals surface area contributed by atoms with Crippen molar-refractivity contribution in [1.29, 1.82) is 0 Å². The molecule has 0 atom stereocenters. The van der Waals surface area contributed by atoms with Crippen LogP contribution >= 0.6 is 11.6 Å². The van der Waals surface area contributed by atoms with Crippen LogP contribution in [-0.2, 0) is 14.4 Å². The van der Waals surface area contributed by atoms with Crippen LogP contribution < -0.4 is 20.3 Å². The normalized spacial score (nSPS) is 14.6. The van der Waals surface area contributed by atoms with Crippen molar-refractivity contribution in [2.24, 2.45) is 0 Å². The van der Waals surface area contributed by atoms with Crippen LogP contribution in [0.5, 0.6) is 5.75 Å². The van der Waals surface area contributed by atoms with Crippen LogP contribution in [0.3, 0.4) is 0 Å². The van der Waals surface area contributed by atoms with Gasteiger partial charge in [0.1, 0.15) is 17.1 Å². The Bertz CT molecular complexity index is 1320. The molecule has 0 radical (unpaired) electrons. The zero-order chi connectivity index (χ0) is 24.9. The van der Waals surface area contributed by atoms with Crippen LogP contribution in [0, 0.1) is 5.82 Å². The second kappa shape index (κ2) is 10.2. The molecule has 0 aliphatic carbocycles. The number of anilines is 2. The summed E-state index contributed by atoms with van der Waals surface area (Å²) in [7, 11) is 0. The smallest absolute Gasteiger partial charge is 0.335 e. The fourth-order valence-electron chi connectivity index (χ4n) is 3.19. The van der Waals surface area contributed by atoms with Crippen molar-refractivity contribution in [2.75, 3.05) is 16.8 Å². The first kappa shape index (κ1) is 23.7. The van der Waals surface area contributed by atoms with Gasteiger partial charge in [-0.05, 0) is 72.3 Å². The Morgan fingerprint density at radius 3 is 2.29 bits per heavy atom. The highest BCUT2D eigenvalue weighted by molar-refractivity contribution is 6.39. The number of ether oxygens (including phenoxy) is 1. The van der Waals surface area contributed by atoms with Crippen molar-refractivity contribution in [1.82, 2.24) is 5.32 Å². The highest BCUT2D eigenvalue weighted by Gasteiger charge is 2.36. The molecule has 176 valence electrons. The molecule has 0 saturated carbocycles. The van der Waals surface area contributed by atoms with E-state index < -0.39 is 29.6 Å². The zero-order valence-electron chi connectivity index (χ0n) is 18.0. The van der Waals surface area contributed by atoms with Gasteiger partial charge >= 0.3 is 6.03 Å². The molecule has 2 N–H and O–H groups in total. The number of amides is 5. The van der Waals surface area contributed by atoms with E-state index in [4.69, 9.17) is 16.3 Å². The maximum absolute atomic E-state index is 12.9. The summed E-state index contributed by atoms with van der Waals surface area (Å²) in [5, 5.41) is 5.15. The number of imide groups is 2. The van der Waals surface area contributed by atoms with Crippen LogP contribution in [0.4, 0.5) is 20.6 Å². The van der Waals surface area contributed by atoms with Gasteiger partial charge in [-0.3, -0.25) is 19.7 Å². The number of rotatable bonds is 6. The average Bonchev–Trinajstić information content (AvgIpc) is 2.84. The topological polar surface area (TPSA) is 105 Å². The number of urea groups is 1. The fourth-order valence-corrected chi connectivity index (χ4v) is 3.31. The maximum Gasteiger partial charge on any atom is 0.335 e. The number of nitrogens with one attached hydrogen (secondary N) is 2. The lowest BCUT2D eigenvalue weighted by Crippen LogP contribution is -2.54. The molecular formula is C25H17ClFN3O5. The first-order valence-electron chi connectivity index (χ1n) is 10.3. The minimum absolute atomic E-state index is 0.230. The summed E-state index contributed by atoms with van der Waals surface area (Å²) in [5.41, 5.74) is 0.963. The zero-order valence-corrected chi connectivity index (χ0v) is 18.7. The molecule has 0 unspecified atom stereocenters. The fraction of sp³-hybridized carbons (Fsp3) is 0.0400. The van der Waals surface area contributed by atoms with E-state index in [2.05, 4.69) is 10.6 Å². The molecule has 1 aliphatic rings. The maximum atomic E-state index is 12.9.